The minimum absolute atomic E-state index is 0.122. The molecule has 2 rings (SSSR count). The van der Waals surface area contributed by atoms with Crippen LogP contribution < -0.4 is 5.32 Å². The first kappa shape index (κ1) is 15.5. The maximum atomic E-state index is 11.8. The lowest BCUT2D eigenvalue weighted by molar-refractivity contribution is 0.0853. The van der Waals surface area contributed by atoms with Crippen LogP contribution in [0.4, 0.5) is 0 Å². The van der Waals surface area contributed by atoms with E-state index in [1.807, 2.05) is 6.07 Å². The van der Waals surface area contributed by atoms with Crippen molar-refractivity contribution >= 4 is 5.91 Å². The first-order valence-corrected chi connectivity index (χ1v) is 7.23. The van der Waals surface area contributed by atoms with Crippen molar-refractivity contribution in [2.75, 3.05) is 33.0 Å². The lowest BCUT2D eigenvalue weighted by Gasteiger charge is -2.09. The molecule has 0 saturated carbocycles. The Kier molecular flexibility index (Phi) is 6.20. The van der Waals surface area contributed by atoms with Crippen LogP contribution in [0.5, 0.6) is 0 Å². The number of hydrogen-bond donors (Lipinski definition) is 1. The van der Waals surface area contributed by atoms with Gasteiger partial charge in [-0.25, -0.2) is 0 Å². The number of benzene rings is 1. The van der Waals surface area contributed by atoms with E-state index in [-0.39, 0.29) is 5.91 Å². The monoisotopic (exact) mass is 288 g/mol. The van der Waals surface area contributed by atoms with E-state index in [1.54, 1.807) is 24.3 Å². The summed E-state index contributed by atoms with van der Waals surface area (Å²) in [5, 5.41) is 11.5. The summed E-state index contributed by atoms with van der Waals surface area (Å²) < 4.78 is 10.8. The fraction of sp³-hybridized carbons (Fsp3) is 0.500. The van der Waals surface area contributed by atoms with Crippen molar-refractivity contribution in [3.05, 3.63) is 35.4 Å². The fourth-order valence-corrected chi connectivity index (χ4v) is 2.14. The molecule has 1 aliphatic rings. The SMILES string of the molecule is N#Cc1ccc(C(=O)NCCCOCC2CCOC2)cc1. The summed E-state index contributed by atoms with van der Waals surface area (Å²) in [5.41, 5.74) is 1.12. The molecule has 112 valence electrons. The van der Waals surface area contributed by atoms with Gasteiger partial charge in [0.15, 0.2) is 0 Å². The minimum atomic E-state index is -0.122. The molecule has 5 nitrogen and oxygen atoms in total. The molecule has 1 saturated heterocycles. The summed E-state index contributed by atoms with van der Waals surface area (Å²) in [6.45, 7) is 3.61. The molecule has 0 aromatic heterocycles. The third kappa shape index (κ3) is 5.18. The molecule has 1 atom stereocenters. The van der Waals surface area contributed by atoms with Crippen molar-refractivity contribution in [1.82, 2.24) is 5.32 Å². The molecule has 0 spiro atoms. The third-order valence-electron chi connectivity index (χ3n) is 3.40. The Balaban J connectivity index is 1.57. The summed E-state index contributed by atoms with van der Waals surface area (Å²) in [5.74, 6) is 0.405. The van der Waals surface area contributed by atoms with E-state index in [0.29, 0.717) is 30.2 Å². The molecule has 1 heterocycles. The first-order valence-electron chi connectivity index (χ1n) is 7.23. The lowest BCUT2D eigenvalue weighted by Crippen LogP contribution is -2.25. The van der Waals surface area contributed by atoms with Crippen molar-refractivity contribution in [1.29, 1.82) is 5.26 Å². The van der Waals surface area contributed by atoms with Gasteiger partial charge in [0.25, 0.3) is 5.91 Å². The Morgan fingerprint density at radius 1 is 1.43 bits per heavy atom. The maximum absolute atomic E-state index is 11.8. The van der Waals surface area contributed by atoms with Gasteiger partial charge in [-0.1, -0.05) is 0 Å². The highest BCUT2D eigenvalue weighted by Crippen LogP contribution is 2.12. The van der Waals surface area contributed by atoms with Gasteiger partial charge in [-0.15, -0.1) is 0 Å². The van der Waals surface area contributed by atoms with Gasteiger partial charge in [0.05, 0.1) is 24.8 Å². The van der Waals surface area contributed by atoms with Gasteiger partial charge in [-0.05, 0) is 37.1 Å². The zero-order chi connectivity index (χ0) is 14.9. The number of hydrogen-bond acceptors (Lipinski definition) is 4. The van der Waals surface area contributed by atoms with E-state index in [9.17, 15) is 4.79 Å². The van der Waals surface area contributed by atoms with Crippen LogP contribution in [0.3, 0.4) is 0 Å². The second kappa shape index (κ2) is 8.40. The standard InChI is InChI=1S/C16H20N2O3/c17-10-13-2-4-15(5-3-13)16(19)18-7-1-8-20-11-14-6-9-21-12-14/h2-5,14H,1,6-9,11-12H2,(H,18,19). The normalized spacial score (nSPS) is 17.4. The van der Waals surface area contributed by atoms with Crippen molar-refractivity contribution in [3.63, 3.8) is 0 Å². The molecule has 1 aromatic carbocycles. The predicted molar refractivity (Wildman–Crippen MR) is 77.9 cm³/mol. The second-order valence-electron chi connectivity index (χ2n) is 5.10. The smallest absolute Gasteiger partial charge is 0.251 e. The van der Waals surface area contributed by atoms with Crippen molar-refractivity contribution in [2.45, 2.75) is 12.8 Å². The number of carbonyl (C=O) groups is 1. The Labute approximate surface area is 124 Å². The first-order chi connectivity index (χ1) is 10.3. The number of nitriles is 1. The fourth-order valence-electron chi connectivity index (χ4n) is 2.14. The largest absolute Gasteiger partial charge is 0.381 e. The zero-order valence-corrected chi connectivity index (χ0v) is 12.0. The average Bonchev–Trinajstić information content (AvgIpc) is 3.04. The number of rotatable bonds is 7. The van der Waals surface area contributed by atoms with Crippen LogP contribution in [0.2, 0.25) is 0 Å². The molecule has 0 aliphatic carbocycles. The van der Waals surface area contributed by atoms with Gasteiger partial charge in [0.1, 0.15) is 0 Å². The zero-order valence-electron chi connectivity index (χ0n) is 12.0. The van der Waals surface area contributed by atoms with Crippen LogP contribution in [-0.4, -0.2) is 38.9 Å². The molecule has 1 aromatic rings. The Hall–Kier alpha value is -1.90. The number of nitrogens with one attached hydrogen (secondary N) is 1. The lowest BCUT2D eigenvalue weighted by atomic mass is 10.1. The molecular weight excluding hydrogens is 268 g/mol. The predicted octanol–water partition coefficient (Wildman–Crippen LogP) is 1.73. The van der Waals surface area contributed by atoms with E-state index in [0.717, 1.165) is 32.7 Å². The molecule has 0 radical (unpaired) electrons. The van der Waals surface area contributed by atoms with E-state index in [2.05, 4.69) is 5.32 Å². The molecule has 1 unspecified atom stereocenters. The van der Waals surface area contributed by atoms with Crippen LogP contribution in [0, 0.1) is 17.2 Å². The topological polar surface area (TPSA) is 71.4 Å². The van der Waals surface area contributed by atoms with Crippen LogP contribution >= 0.6 is 0 Å². The van der Waals surface area contributed by atoms with Gasteiger partial charge < -0.3 is 14.8 Å². The summed E-state index contributed by atoms with van der Waals surface area (Å²) in [4.78, 5) is 11.8. The van der Waals surface area contributed by atoms with Gasteiger partial charge in [-0.2, -0.15) is 5.26 Å². The molecule has 5 heteroatoms. The third-order valence-corrected chi connectivity index (χ3v) is 3.40. The Morgan fingerprint density at radius 3 is 2.90 bits per heavy atom. The second-order valence-corrected chi connectivity index (χ2v) is 5.10. The molecule has 21 heavy (non-hydrogen) atoms. The average molecular weight is 288 g/mol. The van der Waals surface area contributed by atoms with Crippen LogP contribution in [-0.2, 0) is 9.47 Å². The summed E-state index contributed by atoms with van der Waals surface area (Å²) in [6, 6.07) is 8.62. The number of amides is 1. The number of carbonyl (C=O) groups excluding carboxylic acids is 1. The van der Waals surface area contributed by atoms with E-state index >= 15 is 0 Å². The van der Waals surface area contributed by atoms with E-state index in [1.165, 1.54) is 0 Å². The molecule has 1 N–H and O–H groups in total. The molecule has 0 bridgehead atoms. The van der Waals surface area contributed by atoms with Gasteiger partial charge >= 0.3 is 0 Å². The van der Waals surface area contributed by atoms with Gasteiger partial charge in [-0.3, -0.25) is 4.79 Å². The van der Waals surface area contributed by atoms with Crippen LogP contribution in [0.25, 0.3) is 0 Å². The number of ether oxygens (including phenoxy) is 2. The molecule has 1 fully saturated rings. The molecular formula is C16H20N2O3. The van der Waals surface area contributed by atoms with Crippen molar-refractivity contribution in [3.8, 4) is 6.07 Å². The molecule has 1 aliphatic heterocycles. The van der Waals surface area contributed by atoms with E-state index in [4.69, 9.17) is 14.7 Å². The van der Waals surface area contributed by atoms with Crippen molar-refractivity contribution < 1.29 is 14.3 Å². The van der Waals surface area contributed by atoms with Gasteiger partial charge in [0, 0.05) is 31.2 Å². The highest BCUT2D eigenvalue weighted by Gasteiger charge is 2.15. The summed E-state index contributed by atoms with van der Waals surface area (Å²) in [6.07, 6.45) is 1.87. The molecule has 1 amide bonds. The van der Waals surface area contributed by atoms with Crippen LogP contribution in [0.15, 0.2) is 24.3 Å². The highest BCUT2D eigenvalue weighted by atomic mass is 16.5. The highest BCUT2D eigenvalue weighted by molar-refractivity contribution is 5.94. The summed E-state index contributed by atoms with van der Waals surface area (Å²) >= 11 is 0. The number of nitrogens with zero attached hydrogens (tertiary/aromatic N) is 1. The van der Waals surface area contributed by atoms with Crippen LogP contribution in [0.1, 0.15) is 28.8 Å². The Bertz CT molecular complexity index is 487. The summed E-state index contributed by atoms with van der Waals surface area (Å²) in [7, 11) is 0. The van der Waals surface area contributed by atoms with E-state index < -0.39 is 0 Å². The maximum Gasteiger partial charge on any atom is 0.251 e. The Morgan fingerprint density at radius 2 is 2.24 bits per heavy atom. The quantitative estimate of drug-likeness (QED) is 0.776. The van der Waals surface area contributed by atoms with Crippen molar-refractivity contribution in [2.24, 2.45) is 5.92 Å². The van der Waals surface area contributed by atoms with Gasteiger partial charge in [0.2, 0.25) is 0 Å². The minimum Gasteiger partial charge on any atom is -0.381 e.